The Morgan fingerprint density at radius 3 is 2.43 bits per heavy atom. The Bertz CT molecular complexity index is 499. The van der Waals surface area contributed by atoms with Crippen LogP contribution in [0.1, 0.15) is 57.6 Å². The van der Waals surface area contributed by atoms with E-state index in [1.807, 2.05) is 0 Å². The van der Waals surface area contributed by atoms with E-state index in [-0.39, 0.29) is 15.5 Å². The molecule has 0 radical (unpaired) electrons. The van der Waals surface area contributed by atoms with Crippen molar-refractivity contribution < 1.29 is 8.78 Å². The molecule has 2 nitrogen and oxygen atoms in total. The van der Waals surface area contributed by atoms with Crippen molar-refractivity contribution in [3.05, 3.63) is 33.8 Å². The number of nitrogens with one attached hydrogen (secondary N) is 1. The van der Waals surface area contributed by atoms with Crippen molar-refractivity contribution in [1.29, 1.82) is 0 Å². The Morgan fingerprint density at radius 2 is 1.90 bits per heavy atom. The first-order valence-corrected chi connectivity index (χ1v) is 8.30. The zero-order chi connectivity index (χ0) is 15.6. The lowest BCUT2D eigenvalue weighted by atomic mass is 9.70. The first-order valence-electron chi connectivity index (χ1n) is 7.51. The van der Waals surface area contributed by atoms with Gasteiger partial charge in [0.15, 0.2) is 0 Å². The summed E-state index contributed by atoms with van der Waals surface area (Å²) in [6.07, 6.45) is 4.98. The number of benzene rings is 1. The van der Waals surface area contributed by atoms with Crippen LogP contribution in [0.2, 0.25) is 0 Å². The molecular formula is C16H23BrF2N2. The summed E-state index contributed by atoms with van der Waals surface area (Å²) in [4.78, 5) is 0. The largest absolute Gasteiger partial charge is 0.271 e. The maximum Gasteiger partial charge on any atom is 0.145 e. The fourth-order valence-corrected chi connectivity index (χ4v) is 4.22. The molecule has 5 heteroatoms. The second-order valence-electron chi connectivity index (χ2n) is 6.52. The average Bonchev–Trinajstić information content (AvgIpc) is 2.87. The molecule has 0 heterocycles. The summed E-state index contributed by atoms with van der Waals surface area (Å²) in [5.41, 5.74) is 2.60. The zero-order valence-electron chi connectivity index (χ0n) is 12.6. The summed E-state index contributed by atoms with van der Waals surface area (Å²) in [6.45, 7) is 4.28. The molecule has 1 aromatic rings. The van der Waals surface area contributed by atoms with Gasteiger partial charge in [0, 0.05) is 5.56 Å². The summed E-state index contributed by atoms with van der Waals surface area (Å²) < 4.78 is 29.0. The Morgan fingerprint density at radius 1 is 1.29 bits per heavy atom. The molecule has 1 atom stereocenters. The van der Waals surface area contributed by atoms with E-state index in [1.54, 1.807) is 0 Å². The molecule has 1 fully saturated rings. The number of hydrogen-bond acceptors (Lipinski definition) is 2. The highest BCUT2D eigenvalue weighted by Gasteiger charge is 2.44. The SMILES string of the molecule is CC(C)CC1(C(NN)c2c(F)ccc(Br)c2F)CCCC1. The van der Waals surface area contributed by atoms with E-state index in [0.717, 1.165) is 32.1 Å². The summed E-state index contributed by atoms with van der Waals surface area (Å²) in [5.74, 6) is 5.11. The molecule has 0 bridgehead atoms. The van der Waals surface area contributed by atoms with Crippen molar-refractivity contribution in [3.63, 3.8) is 0 Å². The molecule has 0 amide bonds. The van der Waals surface area contributed by atoms with E-state index < -0.39 is 17.7 Å². The van der Waals surface area contributed by atoms with Crippen LogP contribution >= 0.6 is 15.9 Å². The van der Waals surface area contributed by atoms with Gasteiger partial charge in [-0.15, -0.1) is 0 Å². The topological polar surface area (TPSA) is 38.0 Å². The van der Waals surface area contributed by atoms with Gasteiger partial charge in [-0.25, -0.2) is 8.78 Å². The van der Waals surface area contributed by atoms with Crippen LogP contribution in [0.3, 0.4) is 0 Å². The van der Waals surface area contributed by atoms with Gasteiger partial charge in [0.05, 0.1) is 10.5 Å². The summed E-state index contributed by atoms with van der Waals surface area (Å²) in [6, 6.07) is 2.19. The molecule has 1 unspecified atom stereocenters. The fourth-order valence-electron chi connectivity index (χ4n) is 3.88. The molecule has 1 aliphatic rings. The van der Waals surface area contributed by atoms with E-state index in [0.29, 0.717) is 5.92 Å². The lowest BCUT2D eigenvalue weighted by Crippen LogP contribution is -2.42. The van der Waals surface area contributed by atoms with E-state index in [4.69, 9.17) is 5.84 Å². The minimum absolute atomic E-state index is 0.0643. The van der Waals surface area contributed by atoms with Crippen LogP contribution < -0.4 is 11.3 Å². The van der Waals surface area contributed by atoms with Crippen LogP contribution in [0.4, 0.5) is 8.78 Å². The number of nitrogens with two attached hydrogens (primary N) is 1. The normalized spacial score (nSPS) is 19.2. The number of hydrazine groups is 1. The minimum Gasteiger partial charge on any atom is -0.271 e. The highest BCUT2D eigenvalue weighted by Crippen LogP contribution is 2.52. The summed E-state index contributed by atoms with van der Waals surface area (Å²) >= 11 is 3.14. The second-order valence-corrected chi connectivity index (χ2v) is 7.38. The third-order valence-corrected chi connectivity index (χ3v) is 5.17. The van der Waals surface area contributed by atoms with Crippen molar-refractivity contribution >= 4 is 15.9 Å². The molecule has 1 saturated carbocycles. The van der Waals surface area contributed by atoms with Gasteiger partial charge < -0.3 is 0 Å². The van der Waals surface area contributed by atoms with Gasteiger partial charge in [-0.3, -0.25) is 11.3 Å². The van der Waals surface area contributed by atoms with Crippen molar-refractivity contribution in [3.8, 4) is 0 Å². The molecule has 0 saturated heterocycles. The van der Waals surface area contributed by atoms with Gasteiger partial charge in [-0.1, -0.05) is 26.7 Å². The van der Waals surface area contributed by atoms with Gasteiger partial charge in [0.25, 0.3) is 0 Å². The molecular weight excluding hydrogens is 338 g/mol. The monoisotopic (exact) mass is 360 g/mol. The quantitative estimate of drug-likeness (QED) is 0.448. The van der Waals surface area contributed by atoms with Crippen LogP contribution in [0.15, 0.2) is 16.6 Å². The Kier molecular flexibility index (Phi) is 5.38. The summed E-state index contributed by atoms with van der Waals surface area (Å²) in [5, 5.41) is 0. The Balaban J connectivity index is 2.49. The molecule has 2 rings (SSSR count). The lowest BCUT2D eigenvalue weighted by Gasteiger charge is -2.39. The highest BCUT2D eigenvalue weighted by atomic mass is 79.9. The van der Waals surface area contributed by atoms with Crippen LogP contribution in [0, 0.1) is 23.0 Å². The van der Waals surface area contributed by atoms with Gasteiger partial charge in [0.1, 0.15) is 11.6 Å². The fraction of sp³-hybridized carbons (Fsp3) is 0.625. The van der Waals surface area contributed by atoms with E-state index in [1.165, 1.54) is 12.1 Å². The third-order valence-electron chi connectivity index (χ3n) is 4.56. The molecule has 21 heavy (non-hydrogen) atoms. The molecule has 0 aliphatic heterocycles. The molecule has 118 valence electrons. The van der Waals surface area contributed by atoms with Gasteiger partial charge in [-0.05, 0) is 58.7 Å². The number of halogens is 3. The lowest BCUT2D eigenvalue weighted by molar-refractivity contribution is 0.149. The number of rotatable bonds is 5. The summed E-state index contributed by atoms with van der Waals surface area (Å²) in [7, 11) is 0. The molecule has 1 aliphatic carbocycles. The Hall–Kier alpha value is -0.520. The van der Waals surface area contributed by atoms with E-state index >= 15 is 0 Å². The van der Waals surface area contributed by atoms with Crippen LogP contribution in [-0.2, 0) is 0 Å². The minimum atomic E-state index is -0.548. The second kappa shape index (κ2) is 6.71. The van der Waals surface area contributed by atoms with Crippen LogP contribution in [0.25, 0.3) is 0 Å². The third kappa shape index (κ3) is 3.30. The van der Waals surface area contributed by atoms with Crippen molar-refractivity contribution in [2.75, 3.05) is 0 Å². The zero-order valence-corrected chi connectivity index (χ0v) is 14.1. The van der Waals surface area contributed by atoms with Crippen LogP contribution in [0.5, 0.6) is 0 Å². The van der Waals surface area contributed by atoms with E-state index in [9.17, 15) is 8.78 Å². The predicted octanol–water partition coefficient (Wildman–Crippen LogP) is 4.84. The van der Waals surface area contributed by atoms with Gasteiger partial charge in [-0.2, -0.15) is 0 Å². The van der Waals surface area contributed by atoms with Crippen molar-refractivity contribution in [1.82, 2.24) is 5.43 Å². The molecule has 1 aromatic carbocycles. The standard InChI is InChI=1S/C16H23BrF2N2/c1-10(2)9-16(7-3-4-8-16)15(21-20)13-12(18)6-5-11(17)14(13)19/h5-6,10,15,21H,3-4,7-9,20H2,1-2H3. The van der Waals surface area contributed by atoms with Crippen LogP contribution in [-0.4, -0.2) is 0 Å². The predicted molar refractivity (Wildman–Crippen MR) is 84.5 cm³/mol. The number of hydrogen-bond donors (Lipinski definition) is 2. The average molecular weight is 361 g/mol. The van der Waals surface area contributed by atoms with Gasteiger partial charge in [0.2, 0.25) is 0 Å². The molecule has 0 aromatic heterocycles. The Labute approximate surface area is 133 Å². The van der Waals surface area contributed by atoms with Gasteiger partial charge >= 0.3 is 0 Å². The maximum absolute atomic E-state index is 14.5. The van der Waals surface area contributed by atoms with Crippen molar-refractivity contribution in [2.24, 2.45) is 17.2 Å². The highest BCUT2D eigenvalue weighted by molar-refractivity contribution is 9.10. The maximum atomic E-state index is 14.5. The smallest absolute Gasteiger partial charge is 0.145 e. The van der Waals surface area contributed by atoms with Crippen molar-refractivity contribution in [2.45, 2.75) is 52.0 Å². The van der Waals surface area contributed by atoms with E-state index in [2.05, 4.69) is 35.2 Å². The molecule has 3 N–H and O–H groups in total. The first-order chi connectivity index (χ1) is 9.91. The molecule has 0 spiro atoms. The first kappa shape index (κ1) is 16.8.